The summed E-state index contributed by atoms with van der Waals surface area (Å²) in [7, 11) is 0. The number of carbonyl (C=O) groups excluding carboxylic acids is 1. The Bertz CT molecular complexity index is 618. The number of carbonyl (C=O) groups is 1. The van der Waals surface area contributed by atoms with Crippen LogP contribution in [0.25, 0.3) is 0 Å². The van der Waals surface area contributed by atoms with Gasteiger partial charge in [0.25, 0.3) is 5.91 Å². The summed E-state index contributed by atoms with van der Waals surface area (Å²) in [5.41, 5.74) is -1.37. The molecule has 138 valence electrons. The van der Waals surface area contributed by atoms with Gasteiger partial charge in [-0.2, -0.15) is 13.2 Å². The van der Waals surface area contributed by atoms with Crippen LogP contribution in [0.15, 0.2) is 18.2 Å². The predicted molar refractivity (Wildman–Crippen MR) is 85.8 cm³/mol. The minimum absolute atomic E-state index is 0.0260. The minimum Gasteiger partial charge on any atom is -0.339 e. The Labute approximate surface area is 144 Å². The first-order valence-corrected chi connectivity index (χ1v) is 8.76. The lowest BCUT2D eigenvalue weighted by atomic mass is 9.99. The van der Waals surface area contributed by atoms with Crippen molar-refractivity contribution in [1.29, 1.82) is 0 Å². The molecule has 1 aromatic carbocycles. The fraction of sp³-hybridized carbons (Fsp3) is 0.611. The molecule has 3 rings (SSSR count). The van der Waals surface area contributed by atoms with Crippen LogP contribution < -0.4 is 0 Å². The molecule has 0 aliphatic carbocycles. The fourth-order valence-electron chi connectivity index (χ4n) is 3.78. The first-order valence-electron chi connectivity index (χ1n) is 8.76. The zero-order valence-corrected chi connectivity index (χ0v) is 14.0. The van der Waals surface area contributed by atoms with E-state index in [1.807, 2.05) is 0 Å². The number of halogens is 4. The number of benzene rings is 1. The maximum atomic E-state index is 13.7. The second kappa shape index (κ2) is 7.32. The topological polar surface area (TPSA) is 23.6 Å². The lowest BCUT2D eigenvalue weighted by Crippen LogP contribution is -2.48. The van der Waals surface area contributed by atoms with Crippen molar-refractivity contribution < 1.29 is 22.4 Å². The summed E-state index contributed by atoms with van der Waals surface area (Å²) in [5.74, 6) is -1.80. The Balaban J connectivity index is 1.61. The minimum atomic E-state index is -4.75. The summed E-state index contributed by atoms with van der Waals surface area (Å²) in [4.78, 5) is 16.5. The van der Waals surface area contributed by atoms with Crippen LogP contribution in [0.5, 0.6) is 0 Å². The van der Waals surface area contributed by atoms with Crippen molar-refractivity contribution in [2.45, 2.75) is 44.3 Å². The number of hydrogen-bond donors (Lipinski definition) is 0. The van der Waals surface area contributed by atoms with E-state index in [0.29, 0.717) is 31.3 Å². The molecule has 1 aromatic rings. The van der Waals surface area contributed by atoms with Crippen molar-refractivity contribution in [3.05, 3.63) is 35.1 Å². The summed E-state index contributed by atoms with van der Waals surface area (Å²) < 4.78 is 51.5. The highest BCUT2D eigenvalue weighted by Crippen LogP contribution is 2.32. The molecule has 0 unspecified atom stereocenters. The van der Waals surface area contributed by atoms with Gasteiger partial charge in [0.2, 0.25) is 0 Å². The largest absolute Gasteiger partial charge is 0.419 e. The first kappa shape index (κ1) is 18.2. The van der Waals surface area contributed by atoms with Crippen LogP contribution in [-0.2, 0) is 6.18 Å². The summed E-state index contributed by atoms with van der Waals surface area (Å²) in [5, 5.41) is 0. The van der Waals surface area contributed by atoms with Crippen molar-refractivity contribution in [3.8, 4) is 0 Å². The number of amides is 1. The van der Waals surface area contributed by atoms with Crippen LogP contribution in [0.4, 0.5) is 17.6 Å². The molecule has 0 aromatic heterocycles. The Morgan fingerprint density at radius 3 is 2.20 bits per heavy atom. The third-order valence-corrected chi connectivity index (χ3v) is 5.18. The van der Waals surface area contributed by atoms with Gasteiger partial charge in [-0.05, 0) is 57.0 Å². The fourth-order valence-corrected chi connectivity index (χ4v) is 3.78. The highest BCUT2D eigenvalue weighted by atomic mass is 19.4. The lowest BCUT2D eigenvalue weighted by molar-refractivity contribution is -0.140. The predicted octanol–water partition coefficient (Wildman–Crippen LogP) is 3.94. The average molecular weight is 358 g/mol. The van der Waals surface area contributed by atoms with E-state index in [-0.39, 0.29) is 5.56 Å². The summed E-state index contributed by atoms with van der Waals surface area (Å²) in [6, 6.07) is 2.87. The third kappa shape index (κ3) is 4.14. The smallest absolute Gasteiger partial charge is 0.339 e. The molecule has 2 saturated heterocycles. The SMILES string of the molecule is O=C(c1ccc(C(F)(F)F)c(F)c1)N1CCC(N2CCCCC2)CC1. The standard InChI is InChI=1S/C18H22F4N2O/c19-16-12-13(4-5-15(16)18(20,21)22)17(25)24-10-6-14(7-11-24)23-8-2-1-3-9-23/h4-5,12,14H,1-3,6-11H2. The Morgan fingerprint density at radius 2 is 1.64 bits per heavy atom. The van der Waals surface area contributed by atoms with E-state index in [0.717, 1.165) is 32.0 Å². The van der Waals surface area contributed by atoms with Gasteiger partial charge in [0.15, 0.2) is 0 Å². The molecule has 25 heavy (non-hydrogen) atoms. The molecule has 3 nitrogen and oxygen atoms in total. The molecular formula is C18H22F4N2O. The van der Waals surface area contributed by atoms with Gasteiger partial charge in [0.1, 0.15) is 5.82 Å². The zero-order valence-electron chi connectivity index (χ0n) is 14.0. The highest BCUT2D eigenvalue weighted by molar-refractivity contribution is 5.94. The van der Waals surface area contributed by atoms with Crippen LogP contribution >= 0.6 is 0 Å². The quantitative estimate of drug-likeness (QED) is 0.748. The number of alkyl halides is 3. The van der Waals surface area contributed by atoms with E-state index < -0.39 is 23.5 Å². The van der Waals surface area contributed by atoms with E-state index in [9.17, 15) is 22.4 Å². The van der Waals surface area contributed by atoms with E-state index >= 15 is 0 Å². The first-order chi connectivity index (χ1) is 11.9. The monoisotopic (exact) mass is 358 g/mol. The number of likely N-dealkylation sites (tertiary alicyclic amines) is 2. The molecule has 0 saturated carbocycles. The molecule has 0 atom stereocenters. The zero-order chi connectivity index (χ0) is 18.0. The van der Waals surface area contributed by atoms with Crippen molar-refractivity contribution in [2.75, 3.05) is 26.2 Å². The lowest BCUT2D eigenvalue weighted by Gasteiger charge is -2.40. The van der Waals surface area contributed by atoms with E-state index in [2.05, 4.69) is 4.90 Å². The van der Waals surface area contributed by atoms with Crippen molar-refractivity contribution in [3.63, 3.8) is 0 Å². The molecule has 1 amide bonds. The number of hydrogen-bond acceptors (Lipinski definition) is 2. The Morgan fingerprint density at radius 1 is 1.00 bits per heavy atom. The molecule has 0 spiro atoms. The summed E-state index contributed by atoms with van der Waals surface area (Å²) in [6.07, 6.45) is 0.656. The Kier molecular flexibility index (Phi) is 5.32. The van der Waals surface area contributed by atoms with Gasteiger partial charge in [-0.1, -0.05) is 6.42 Å². The van der Waals surface area contributed by atoms with Crippen LogP contribution in [0, 0.1) is 5.82 Å². The van der Waals surface area contributed by atoms with E-state index in [1.165, 1.54) is 19.3 Å². The van der Waals surface area contributed by atoms with Gasteiger partial charge in [-0.25, -0.2) is 4.39 Å². The molecule has 7 heteroatoms. The molecule has 2 aliphatic heterocycles. The molecule has 2 fully saturated rings. The molecule has 2 heterocycles. The Hall–Kier alpha value is -1.63. The number of piperidine rings is 2. The molecule has 2 aliphatic rings. The van der Waals surface area contributed by atoms with Gasteiger partial charge in [0.05, 0.1) is 5.56 Å². The van der Waals surface area contributed by atoms with Gasteiger partial charge in [-0.3, -0.25) is 4.79 Å². The summed E-state index contributed by atoms with van der Waals surface area (Å²) >= 11 is 0. The van der Waals surface area contributed by atoms with Crippen molar-refractivity contribution in [1.82, 2.24) is 9.80 Å². The molecule has 0 N–H and O–H groups in total. The second-order valence-electron chi connectivity index (χ2n) is 6.81. The molecule has 0 bridgehead atoms. The van der Waals surface area contributed by atoms with E-state index in [1.54, 1.807) is 4.90 Å². The van der Waals surface area contributed by atoms with Crippen LogP contribution in [0.1, 0.15) is 48.0 Å². The van der Waals surface area contributed by atoms with Gasteiger partial charge in [0, 0.05) is 24.7 Å². The number of rotatable bonds is 2. The molecular weight excluding hydrogens is 336 g/mol. The van der Waals surface area contributed by atoms with E-state index in [4.69, 9.17) is 0 Å². The third-order valence-electron chi connectivity index (χ3n) is 5.18. The highest BCUT2D eigenvalue weighted by Gasteiger charge is 2.35. The van der Waals surface area contributed by atoms with Gasteiger partial charge >= 0.3 is 6.18 Å². The summed E-state index contributed by atoms with van der Waals surface area (Å²) in [6.45, 7) is 3.32. The van der Waals surface area contributed by atoms with Crippen molar-refractivity contribution in [2.24, 2.45) is 0 Å². The maximum absolute atomic E-state index is 13.7. The second-order valence-corrected chi connectivity index (χ2v) is 6.81. The van der Waals surface area contributed by atoms with Gasteiger partial charge < -0.3 is 9.80 Å². The normalized spacial score (nSPS) is 20.7. The van der Waals surface area contributed by atoms with Crippen molar-refractivity contribution >= 4 is 5.91 Å². The van der Waals surface area contributed by atoms with Gasteiger partial charge in [-0.15, -0.1) is 0 Å². The van der Waals surface area contributed by atoms with Crippen LogP contribution in [-0.4, -0.2) is 47.9 Å². The van der Waals surface area contributed by atoms with Crippen LogP contribution in [0.2, 0.25) is 0 Å². The maximum Gasteiger partial charge on any atom is 0.419 e. The van der Waals surface area contributed by atoms with Crippen LogP contribution in [0.3, 0.4) is 0 Å². The average Bonchev–Trinajstić information content (AvgIpc) is 2.61. The number of nitrogens with zero attached hydrogens (tertiary/aromatic N) is 2. The molecule has 0 radical (unpaired) electrons.